The summed E-state index contributed by atoms with van der Waals surface area (Å²) >= 11 is 0. The molecule has 1 aromatic carbocycles. The number of carboxylic acids is 1. The molecule has 0 saturated carbocycles. The minimum atomic E-state index is -0.964. The summed E-state index contributed by atoms with van der Waals surface area (Å²) in [5.74, 6) is -0.964. The quantitative estimate of drug-likeness (QED) is 0.898. The van der Waals surface area contributed by atoms with Crippen LogP contribution in [0, 0.1) is 0 Å². The second kappa shape index (κ2) is 4.87. The Morgan fingerprint density at radius 2 is 1.78 bits per heavy atom. The van der Waals surface area contributed by atoms with E-state index in [4.69, 9.17) is 5.11 Å². The summed E-state index contributed by atoms with van der Waals surface area (Å²) < 4.78 is 0. The molecule has 0 unspecified atom stereocenters. The first kappa shape index (κ1) is 12.1. The molecule has 4 heteroatoms. The van der Waals surface area contributed by atoms with Gasteiger partial charge in [0.05, 0.1) is 5.56 Å². The highest BCUT2D eigenvalue weighted by Crippen LogP contribution is 2.22. The lowest BCUT2D eigenvalue weighted by Gasteiger charge is -2.12. The molecule has 0 aliphatic heterocycles. The van der Waals surface area contributed by atoms with Gasteiger partial charge in [-0.15, -0.1) is 0 Å². The van der Waals surface area contributed by atoms with Crippen LogP contribution in [0.4, 0.5) is 5.69 Å². The zero-order valence-corrected chi connectivity index (χ0v) is 10.3. The number of hydrogen-bond donors (Lipinski definition) is 1. The molecular formula is C14H14N2O2. The second-order valence-corrected chi connectivity index (χ2v) is 4.21. The highest BCUT2D eigenvalue weighted by Gasteiger charge is 2.05. The molecule has 1 aromatic heterocycles. The third-order valence-electron chi connectivity index (χ3n) is 2.70. The summed E-state index contributed by atoms with van der Waals surface area (Å²) in [4.78, 5) is 16.8. The van der Waals surface area contributed by atoms with E-state index >= 15 is 0 Å². The number of hydrogen-bond acceptors (Lipinski definition) is 3. The topological polar surface area (TPSA) is 53.4 Å². The minimum absolute atomic E-state index is 0.198. The molecule has 1 heterocycles. The molecule has 0 saturated heterocycles. The maximum Gasteiger partial charge on any atom is 0.337 e. The molecule has 0 bridgehead atoms. The number of anilines is 1. The van der Waals surface area contributed by atoms with E-state index in [0.717, 1.165) is 16.8 Å². The molecule has 4 nitrogen and oxygen atoms in total. The monoisotopic (exact) mass is 242 g/mol. The Morgan fingerprint density at radius 3 is 2.33 bits per heavy atom. The maximum atomic E-state index is 10.9. The average Bonchev–Trinajstić information content (AvgIpc) is 2.39. The van der Waals surface area contributed by atoms with E-state index in [1.807, 2.05) is 43.3 Å². The van der Waals surface area contributed by atoms with Crippen LogP contribution in [-0.2, 0) is 0 Å². The van der Waals surface area contributed by atoms with Gasteiger partial charge in [-0.1, -0.05) is 12.1 Å². The zero-order chi connectivity index (χ0) is 13.1. The largest absolute Gasteiger partial charge is 0.478 e. The van der Waals surface area contributed by atoms with E-state index in [1.54, 1.807) is 12.3 Å². The molecule has 0 amide bonds. The minimum Gasteiger partial charge on any atom is -0.478 e. The van der Waals surface area contributed by atoms with Gasteiger partial charge in [0.2, 0.25) is 0 Å². The number of aromatic nitrogens is 1. The van der Waals surface area contributed by atoms with Crippen LogP contribution in [0.25, 0.3) is 11.1 Å². The molecular weight excluding hydrogens is 228 g/mol. The van der Waals surface area contributed by atoms with Gasteiger partial charge in [0.25, 0.3) is 0 Å². The molecule has 18 heavy (non-hydrogen) atoms. The summed E-state index contributed by atoms with van der Waals surface area (Å²) in [5.41, 5.74) is 3.06. The van der Waals surface area contributed by atoms with Crippen molar-refractivity contribution in [1.82, 2.24) is 4.98 Å². The number of carbonyl (C=O) groups is 1. The number of rotatable bonds is 3. The van der Waals surface area contributed by atoms with Crippen molar-refractivity contribution in [3.8, 4) is 11.1 Å². The molecule has 0 atom stereocenters. The molecule has 0 fully saturated rings. The predicted molar refractivity (Wildman–Crippen MR) is 71.0 cm³/mol. The number of pyridine rings is 1. The van der Waals surface area contributed by atoms with Gasteiger partial charge in [0, 0.05) is 37.7 Å². The fourth-order valence-electron chi connectivity index (χ4n) is 1.67. The van der Waals surface area contributed by atoms with E-state index in [2.05, 4.69) is 4.98 Å². The van der Waals surface area contributed by atoms with Gasteiger partial charge >= 0.3 is 5.97 Å². The van der Waals surface area contributed by atoms with Crippen LogP contribution >= 0.6 is 0 Å². The Bertz CT molecular complexity index is 562. The molecule has 0 aliphatic rings. The van der Waals surface area contributed by atoms with Crippen molar-refractivity contribution in [3.05, 3.63) is 48.3 Å². The van der Waals surface area contributed by atoms with Crippen molar-refractivity contribution in [2.45, 2.75) is 0 Å². The zero-order valence-electron chi connectivity index (χ0n) is 10.3. The van der Waals surface area contributed by atoms with Crippen molar-refractivity contribution in [2.24, 2.45) is 0 Å². The Morgan fingerprint density at radius 1 is 1.11 bits per heavy atom. The van der Waals surface area contributed by atoms with Crippen molar-refractivity contribution in [2.75, 3.05) is 19.0 Å². The van der Waals surface area contributed by atoms with Crippen molar-refractivity contribution < 1.29 is 9.90 Å². The fraction of sp³-hybridized carbons (Fsp3) is 0.143. The van der Waals surface area contributed by atoms with Crippen molar-refractivity contribution >= 4 is 11.7 Å². The highest BCUT2D eigenvalue weighted by atomic mass is 16.4. The lowest BCUT2D eigenvalue weighted by atomic mass is 10.1. The normalized spacial score (nSPS) is 10.1. The van der Waals surface area contributed by atoms with Crippen LogP contribution in [0.1, 0.15) is 10.4 Å². The van der Waals surface area contributed by atoms with Gasteiger partial charge in [0.1, 0.15) is 0 Å². The van der Waals surface area contributed by atoms with Crippen molar-refractivity contribution in [1.29, 1.82) is 0 Å². The molecule has 92 valence electrons. The lowest BCUT2D eigenvalue weighted by molar-refractivity contribution is 0.0696. The number of aromatic carboxylic acids is 1. The number of nitrogens with zero attached hydrogens (tertiary/aromatic N) is 2. The second-order valence-electron chi connectivity index (χ2n) is 4.21. The Kier molecular flexibility index (Phi) is 3.28. The molecule has 2 rings (SSSR count). The standard InChI is InChI=1S/C14H14N2O2/c1-16(2)13-5-3-10(4-6-13)11-7-12(14(17)18)9-15-8-11/h3-9H,1-2H3,(H,17,18). The van der Waals surface area contributed by atoms with E-state index < -0.39 is 5.97 Å². The predicted octanol–water partition coefficient (Wildman–Crippen LogP) is 2.51. The number of benzene rings is 1. The fourth-order valence-corrected chi connectivity index (χ4v) is 1.67. The van der Waals surface area contributed by atoms with Crippen LogP contribution < -0.4 is 4.90 Å². The third kappa shape index (κ3) is 2.48. The first-order valence-corrected chi connectivity index (χ1v) is 5.54. The summed E-state index contributed by atoms with van der Waals surface area (Å²) in [7, 11) is 3.95. The molecule has 1 N–H and O–H groups in total. The van der Waals surface area contributed by atoms with Crippen LogP contribution in [0.2, 0.25) is 0 Å². The van der Waals surface area contributed by atoms with E-state index in [9.17, 15) is 4.79 Å². The molecule has 0 radical (unpaired) electrons. The van der Waals surface area contributed by atoms with Crippen LogP contribution in [0.15, 0.2) is 42.7 Å². The summed E-state index contributed by atoms with van der Waals surface area (Å²) in [6.45, 7) is 0. The van der Waals surface area contributed by atoms with Crippen LogP contribution in [0.3, 0.4) is 0 Å². The van der Waals surface area contributed by atoms with Crippen LogP contribution in [-0.4, -0.2) is 30.2 Å². The van der Waals surface area contributed by atoms with Gasteiger partial charge in [-0.25, -0.2) is 4.79 Å². The van der Waals surface area contributed by atoms with Gasteiger partial charge < -0.3 is 10.0 Å². The SMILES string of the molecule is CN(C)c1ccc(-c2cncc(C(=O)O)c2)cc1. The first-order valence-electron chi connectivity index (χ1n) is 5.54. The van der Waals surface area contributed by atoms with Gasteiger partial charge in [-0.3, -0.25) is 4.98 Å². The lowest BCUT2D eigenvalue weighted by Crippen LogP contribution is -2.07. The molecule has 2 aromatic rings. The van der Waals surface area contributed by atoms with E-state index in [0.29, 0.717) is 0 Å². The van der Waals surface area contributed by atoms with Gasteiger partial charge in [-0.2, -0.15) is 0 Å². The summed E-state index contributed by atoms with van der Waals surface area (Å²) in [6.07, 6.45) is 3.01. The molecule has 0 spiro atoms. The summed E-state index contributed by atoms with van der Waals surface area (Å²) in [5, 5.41) is 8.93. The Hall–Kier alpha value is -2.36. The number of carboxylic acid groups (broad SMARTS) is 1. The van der Waals surface area contributed by atoms with Crippen molar-refractivity contribution in [3.63, 3.8) is 0 Å². The maximum absolute atomic E-state index is 10.9. The summed E-state index contributed by atoms with van der Waals surface area (Å²) in [6, 6.07) is 9.52. The Labute approximate surface area is 106 Å². The smallest absolute Gasteiger partial charge is 0.337 e. The van der Waals surface area contributed by atoms with E-state index in [-0.39, 0.29) is 5.56 Å². The first-order chi connectivity index (χ1) is 8.58. The van der Waals surface area contributed by atoms with E-state index in [1.165, 1.54) is 6.20 Å². The van der Waals surface area contributed by atoms with Gasteiger partial charge in [-0.05, 0) is 23.8 Å². The highest BCUT2D eigenvalue weighted by molar-refractivity contribution is 5.88. The van der Waals surface area contributed by atoms with Crippen LogP contribution in [0.5, 0.6) is 0 Å². The third-order valence-corrected chi connectivity index (χ3v) is 2.70. The average molecular weight is 242 g/mol. The van der Waals surface area contributed by atoms with Gasteiger partial charge in [0.15, 0.2) is 0 Å². The Balaban J connectivity index is 2.36. The molecule has 0 aliphatic carbocycles.